The number of hydrogen-bond acceptors (Lipinski definition) is 3. The van der Waals surface area contributed by atoms with E-state index in [2.05, 4.69) is 5.10 Å². The van der Waals surface area contributed by atoms with Crippen LogP contribution in [0.5, 0.6) is 0 Å². The van der Waals surface area contributed by atoms with E-state index in [0.29, 0.717) is 19.4 Å². The van der Waals surface area contributed by atoms with Crippen molar-refractivity contribution in [1.82, 2.24) is 9.78 Å². The molecule has 0 saturated carbocycles. The third-order valence-corrected chi connectivity index (χ3v) is 2.04. The van der Waals surface area contributed by atoms with E-state index in [-0.39, 0.29) is 6.10 Å². The summed E-state index contributed by atoms with van der Waals surface area (Å²) in [6.45, 7) is 2.47. The molecule has 1 rings (SSSR count). The first-order valence-corrected chi connectivity index (χ1v) is 4.51. The molecular weight excluding hydrogens is 166 g/mol. The standard InChI is InChI=1S/C9H17N3O/c1-7-5-8(12(2)11-7)6-9(13)3-4-10/h5,9,13H,3-4,6,10H2,1-2H3. The summed E-state index contributed by atoms with van der Waals surface area (Å²) in [5, 5.41) is 13.7. The van der Waals surface area contributed by atoms with Crippen molar-refractivity contribution in [2.45, 2.75) is 25.9 Å². The van der Waals surface area contributed by atoms with Crippen LogP contribution in [0.15, 0.2) is 6.07 Å². The molecule has 0 aliphatic rings. The zero-order valence-corrected chi connectivity index (χ0v) is 8.20. The average molecular weight is 183 g/mol. The second-order valence-corrected chi connectivity index (χ2v) is 3.34. The van der Waals surface area contributed by atoms with Crippen molar-refractivity contribution >= 4 is 0 Å². The van der Waals surface area contributed by atoms with Crippen LogP contribution in [0, 0.1) is 6.92 Å². The average Bonchev–Trinajstić information content (AvgIpc) is 2.30. The number of nitrogens with zero attached hydrogens (tertiary/aromatic N) is 2. The van der Waals surface area contributed by atoms with Crippen LogP contribution in [0.25, 0.3) is 0 Å². The highest BCUT2D eigenvalue weighted by Crippen LogP contribution is 2.06. The Morgan fingerprint density at radius 3 is 2.85 bits per heavy atom. The van der Waals surface area contributed by atoms with Crippen LogP contribution in [-0.4, -0.2) is 27.5 Å². The quantitative estimate of drug-likeness (QED) is 0.689. The molecule has 3 N–H and O–H groups in total. The molecule has 0 amide bonds. The highest BCUT2D eigenvalue weighted by molar-refractivity contribution is 5.09. The van der Waals surface area contributed by atoms with Crippen molar-refractivity contribution in [2.24, 2.45) is 12.8 Å². The molecule has 0 aromatic carbocycles. The Bertz CT molecular complexity index is 270. The lowest BCUT2D eigenvalue weighted by molar-refractivity contribution is 0.165. The Morgan fingerprint density at radius 2 is 2.38 bits per heavy atom. The van der Waals surface area contributed by atoms with E-state index in [9.17, 15) is 5.11 Å². The highest BCUT2D eigenvalue weighted by Gasteiger charge is 2.08. The number of rotatable bonds is 4. The number of aromatic nitrogens is 2. The van der Waals surface area contributed by atoms with Gasteiger partial charge in [-0.05, 0) is 26.0 Å². The van der Waals surface area contributed by atoms with Gasteiger partial charge in [0.05, 0.1) is 11.8 Å². The van der Waals surface area contributed by atoms with Crippen LogP contribution in [0.3, 0.4) is 0 Å². The fourth-order valence-electron chi connectivity index (χ4n) is 1.39. The summed E-state index contributed by atoms with van der Waals surface area (Å²) in [7, 11) is 1.89. The maximum atomic E-state index is 9.52. The topological polar surface area (TPSA) is 64.1 Å². The van der Waals surface area contributed by atoms with E-state index in [1.54, 1.807) is 4.68 Å². The molecule has 1 atom stereocenters. The van der Waals surface area contributed by atoms with E-state index in [1.807, 2.05) is 20.0 Å². The molecule has 1 aromatic rings. The molecule has 0 aliphatic carbocycles. The molecular formula is C9H17N3O. The van der Waals surface area contributed by atoms with Gasteiger partial charge in [-0.25, -0.2) is 0 Å². The molecule has 0 bridgehead atoms. The van der Waals surface area contributed by atoms with Crippen LogP contribution < -0.4 is 5.73 Å². The summed E-state index contributed by atoms with van der Waals surface area (Å²) in [4.78, 5) is 0. The molecule has 4 nitrogen and oxygen atoms in total. The number of aryl methyl sites for hydroxylation is 2. The highest BCUT2D eigenvalue weighted by atomic mass is 16.3. The van der Waals surface area contributed by atoms with Gasteiger partial charge in [0.15, 0.2) is 0 Å². The van der Waals surface area contributed by atoms with Gasteiger partial charge in [0, 0.05) is 19.2 Å². The van der Waals surface area contributed by atoms with Gasteiger partial charge in [0.2, 0.25) is 0 Å². The molecule has 0 fully saturated rings. The predicted octanol–water partition coefficient (Wildman–Crippen LogP) is -0.0193. The second kappa shape index (κ2) is 4.39. The lowest BCUT2D eigenvalue weighted by Crippen LogP contribution is -2.17. The normalized spacial score (nSPS) is 13.2. The van der Waals surface area contributed by atoms with Gasteiger partial charge >= 0.3 is 0 Å². The molecule has 1 heterocycles. The zero-order valence-electron chi connectivity index (χ0n) is 8.20. The van der Waals surface area contributed by atoms with E-state index in [1.165, 1.54) is 0 Å². The monoisotopic (exact) mass is 183 g/mol. The Morgan fingerprint density at radius 1 is 1.69 bits per heavy atom. The van der Waals surface area contributed by atoms with Crippen molar-refractivity contribution in [3.8, 4) is 0 Å². The molecule has 4 heteroatoms. The maximum Gasteiger partial charge on any atom is 0.0607 e. The van der Waals surface area contributed by atoms with E-state index >= 15 is 0 Å². The van der Waals surface area contributed by atoms with Gasteiger partial charge in [-0.3, -0.25) is 4.68 Å². The molecule has 0 saturated heterocycles. The summed E-state index contributed by atoms with van der Waals surface area (Å²) in [6, 6.07) is 1.99. The zero-order chi connectivity index (χ0) is 9.84. The molecule has 74 valence electrons. The van der Waals surface area contributed by atoms with Crippen LogP contribution in [0.4, 0.5) is 0 Å². The number of aliphatic hydroxyl groups is 1. The SMILES string of the molecule is Cc1cc(CC(O)CCN)n(C)n1. The second-order valence-electron chi connectivity index (χ2n) is 3.34. The van der Waals surface area contributed by atoms with E-state index in [4.69, 9.17) is 5.73 Å². The first kappa shape index (κ1) is 10.2. The van der Waals surface area contributed by atoms with Crippen molar-refractivity contribution < 1.29 is 5.11 Å². The van der Waals surface area contributed by atoms with Gasteiger partial charge in [-0.1, -0.05) is 0 Å². The third-order valence-electron chi connectivity index (χ3n) is 2.04. The van der Waals surface area contributed by atoms with E-state index < -0.39 is 0 Å². The minimum Gasteiger partial charge on any atom is -0.393 e. The minimum absolute atomic E-state index is 0.347. The lowest BCUT2D eigenvalue weighted by atomic mass is 10.1. The van der Waals surface area contributed by atoms with Crippen LogP contribution >= 0.6 is 0 Å². The van der Waals surface area contributed by atoms with Crippen molar-refractivity contribution in [3.63, 3.8) is 0 Å². The Balaban J connectivity index is 2.57. The van der Waals surface area contributed by atoms with Crippen LogP contribution in [0.1, 0.15) is 17.8 Å². The minimum atomic E-state index is -0.347. The molecule has 1 unspecified atom stereocenters. The van der Waals surface area contributed by atoms with Crippen molar-refractivity contribution in [2.75, 3.05) is 6.54 Å². The molecule has 1 aromatic heterocycles. The van der Waals surface area contributed by atoms with E-state index in [0.717, 1.165) is 11.4 Å². The summed E-state index contributed by atoms with van der Waals surface area (Å²) in [5.74, 6) is 0. The van der Waals surface area contributed by atoms with Crippen molar-refractivity contribution in [1.29, 1.82) is 0 Å². The number of aliphatic hydroxyl groups excluding tert-OH is 1. The van der Waals surface area contributed by atoms with Crippen LogP contribution in [0.2, 0.25) is 0 Å². The first-order valence-electron chi connectivity index (χ1n) is 4.51. The van der Waals surface area contributed by atoms with Gasteiger partial charge in [-0.15, -0.1) is 0 Å². The molecule has 0 spiro atoms. The largest absolute Gasteiger partial charge is 0.393 e. The Labute approximate surface area is 78.4 Å². The molecule has 0 radical (unpaired) electrons. The number of nitrogens with two attached hydrogens (primary N) is 1. The summed E-state index contributed by atoms with van der Waals surface area (Å²) >= 11 is 0. The van der Waals surface area contributed by atoms with Crippen LogP contribution in [-0.2, 0) is 13.5 Å². The summed E-state index contributed by atoms with van der Waals surface area (Å²) < 4.78 is 1.80. The van der Waals surface area contributed by atoms with Gasteiger partial charge in [0.25, 0.3) is 0 Å². The summed E-state index contributed by atoms with van der Waals surface area (Å²) in [6.07, 6.45) is 0.929. The fraction of sp³-hybridized carbons (Fsp3) is 0.667. The Kier molecular flexibility index (Phi) is 3.45. The van der Waals surface area contributed by atoms with Gasteiger partial charge in [-0.2, -0.15) is 5.10 Å². The molecule has 13 heavy (non-hydrogen) atoms. The lowest BCUT2D eigenvalue weighted by Gasteiger charge is -2.08. The molecule has 0 aliphatic heterocycles. The number of hydrogen-bond donors (Lipinski definition) is 2. The third kappa shape index (κ3) is 2.82. The predicted molar refractivity (Wildman–Crippen MR) is 51.3 cm³/mol. The fourth-order valence-corrected chi connectivity index (χ4v) is 1.39. The maximum absolute atomic E-state index is 9.52. The summed E-state index contributed by atoms with van der Waals surface area (Å²) in [5.41, 5.74) is 7.38. The first-order chi connectivity index (χ1) is 6.13. The van der Waals surface area contributed by atoms with Crippen molar-refractivity contribution in [3.05, 3.63) is 17.5 Å². The Hall–Kier alpha value is -0.870. The van der Waals surface area contributed by atoms with Gasteiger partial charge < -0.3 is 10.8 Å². The van der Waals surface area contributed by atoms with Gasteiger partial charge in [0.1, 0.15) is 0 Å². The smallest absolute Gasteiger partial charge is 0.0607 e.